The second kappa shape index (κ2) is 6.41. The van der Waals surface area contributed by atoms with Gasteiger partial charge in [-0.05, 0) is 24.8 Å². The Morgan fingerprint density at radius 1 is 1.35 bits per heavy atom. The second-order valence-corrected chi connectivity index (χ2v) is 7.69. The fourth-order valence-electron chi connectivity index (χ4n) is 2.51. The number of aromatic nitrogens is 2. The molecule has 2 aromatic rings. The quantitative estimate of drug-likeness (QED) is 0.896. The monoisotopic (exact) mass is 336 g/mol. The molecule has 2 heterocycles. The number of anilines is 1. The number of carbonyl (C=O) groups excluding carboxylic acids is 1. The fraction of sp³-hybridized carbons (Fsp3) is 0.562. The van der Waals surface area contributed by atoms with Crippen LogP contribution < -0.4 is 11.1 Å². The Bertz CT molecular complexity index is 734. The number of fused-ring (bicyclic) bond motifs is 1. The number of carbonyl (C=O) groups is 1. The summed E-state index contributed by atoms with van der Waals surface area (Å²) in [5.41, 5.74) is 6.75. The molecule has 2 aromatic heterocycles. The van der Waals surface area contributed by atoms with Gasteiger partial charge in [0, 0.05) is 13.7 Å². The van der Waals surface area contributed by atoms with E-state index < -0.39 is 0 Å². The molecule has 2 rings (SSSR count). The summed E-state index contributed by atoms with van der Waals surface area (Å²) >= 11 is 1.34. The van der Waals surface area contributed by atoms with E-state index in [4.69, 9.17) is 10.5 Å². The minimum atomic E-state index is -0.131. The van der Waals surface area contributed by atoms with Crippen molar-refractivity contribution in [3.05, 3.63) is 16.3 Å². The number of nitrogens with one attached hydrogen (secondary N) is 1. The van der Waals surface area contributed by atoms with Gasteiger partial charge in [-0.3, -0.25) is 4.79 Å². The maximum atomic E-state index is 12.5. The number of hydrogen-bond acceptors (Lipinski definition) is 6. The number of nitrogen functional groups attached to an aromatic ring is 1. The molecular weight excluding hydrogens is 312 g/mol. The molecule has 0 spiro atoms. The van der Waals surface area contributed by atoms with Gasteiger partial charge in [-0.2, -0.15) is 0 Å². The highest BCUT2D eigenvalue weighted by Gasteiger charge is 2.26. The Balaban J connectivity index is 2.25. The lowest BCUT2D eigenvalue weighted by Crippen LogP contribution is -2.40. The third-order valence-electron chi connectivity index (χ3n) is 3.83. The zero-order valence-electron chi connectivity index (χ0n) is 14.5. The molecule has 23 heavy (non-hydrogen) atoms. The SMILES string of the molecule is CO[C@H](CNC(=O)c1sc2nc(C)nc(N)c2c1C)C(C)(C)C. The van der Waals surface area contributed by atoms with Gasteiger partial charge in [-0.1, -0.05) is 20.8 Å². The van der Waals surface area contributed by atoms with E-state index in [9.17, 15) is 4.79 Å². The Kier molecular flexibility index (Phi) is 4.91. The van der Waals surface area contributed by atoms with Crippen molar-refractivity contribution in [3.63, 3.8) is 0 Å². The van der Waals surface area contributed by atoms with E-state index in [1.165, 1.54) is 11.3 Å². The van der Waals surface area contributed by atoms with Crippen molar-refractivity contribution in [2.45, 2.75) is 40.7 Å². The molecule has 0 aliphatic carbocycles. The number of rotatable bonds is 4. The second-order valence-electron chi connectivity index (χ2n) is 6.69. The minimum Gasteiger partial charge on any atom is -0.383 e. The van der Waals surface area contributed by atoms with Gasteiger partial charge in [0.25, 0.3) is 5.91 Å². The van der Waals surface area contributed by atoms with Crippen molar-refractivity contribution in [2.75, 3.05) is 19.4 Å². The van der Waals surface area contributed by atoms with Gasteiger partial charge >= 0.3 is 0 Å². The topological polar surface area (TPSA) is 90.1 Å². The minimum absolute atomic E-state index is 0.0513. The molecule has 0 fully saturated rings. The van der Waals surface area contributed by atoms with Crippen LogP contribution >= 0.6 is 11.3 Å². The molecule has 1 atom stereocenters. The molecule has 7 heteroatoms. The van der Waals surface area contributed by atoms with Crippen LogP contribution in [0.1, 0.15) is 41.8 Å². The Labute approximate surface area is 140 Å². The van der Waals surface area contributed by atoms with Gasteiger partial charge in [0.15, 0.2) is 0 Å². The molecule has 0 aliphatic rings. The molecule has 3 N–H and O–H groups in total. The van der Waals surface area contributed by atoms with E-state index in [2.05, 4.69) is 36.1 Å². The molecule has 0 bridgehead atoms. The highest BCUT2D eigenvalue weighted by Crippen LogP contribution is 2.32. The molecule has 0 aliphatic heterocycles. The molecule has 6 nitrogen and oxygen atoms in total. The zero-order chi connectivity index (χ0) is 17.4. The predicted molar refractivity (Wildman–Crippen MR) is 93.9 cm³/mol. The number of hydrogen-bond donors (Lipinski definition) is 2. The van der Waals surface area contributed by atoms with Crippen molar-refractivity contribution in [3.8, 4) is 0 Å². The lowest BCUT2D eigenvalue weighted by Gasteiger charge is -2.29. The summed E-state index contributed by atoms with van der Waals surface area (Å²) in [6.45, 7) is 10.4. The zero-order valence-corrected chi connectivity index (χ0v) is 15.3. The van der Waals surface area contributed by atoms with E-state index in [1.807, 2.05) is 6.92 Å². The van der Waals surface area contributed by atoms with Crippen LogP contribution in [-0.2, 0) is 4.74 Å². The van der Waals surface area contributed by atoms with Gasteiger partial charge in [0.2, 0.25) is 0 Å². The predicted octanol–water partition coefficient (Wildman–Crippen LogP) is 2.68. The third-order valence-corrected chi connectivity index (χ3v) is 5.02. The normalized spacial score (nSPS) is 13.3. The number of nitrogens with two attached hydrogens (primary N) is 1. The van der Waals surface area contributed by atoms with Crippen LogP contribution in [0, 0.1) is 19.3 Å². The lowest BCUT2D eigenvalue weighted by atomic mass is 9.89. The third kappa shape index (κ3) is 3.61. The highest BCUT2D eigenvalue weighted by molar-refractivity contribution is 7.20. The van der Waals surface area contributed by atoms with Crippen LogP contribution in [0.4, 0.5) is 5.82 Å². The smallest absolute Gasteiger partial charge is 0.261 e. The van der Waals surface area contributed by atoms with E-state index in [1.54, 1.807) is 14.0 Å². The van der Waals surface area contributed by atoms with E-state index in [0.717, 1.165) is 15.8 Å². The lowest BCUT2D eigenvalue weighted by molar-refractivity contribution is 0.0176. The Morgan fingerprint density at radius 3 is 2.57 bits per heavy atom. The van der Waals surface area contributed by atoms with Crippen LogP contribution in [0.15, 0.2) is 0 Å². The van der Waals surface area contributed by atoms with Gasteiger partial charge < -0.3 is 15.8 Å². The first-order chi connectivity index (χ1) is 10.6. The Hall–Kier alpha value is -1.73. The molecule has 0 radical (unpaired) electrons. The van der Waals surface area contributed by atoms with Gasteiger partial charge in [0.1, 0.15) is 16.5 Å². The molecule has 0 saturated carbocycles. The number of amides is 1. The Morgan fingerprint density at radius 2 is 2.00 bits per heavy atom. The maximum absolute atomic E-state index is 12.5. The number of methoxy groups -OCH3 is 1. The largest absolute Gasteiger partial charge is 0.383 e. The first kappa shape index (κ1) is 17.6. The molecule has 126 valence electrons. The molecule has 0 saturated heterocycles. The summed E-state index contributed by atoms with van der Waals surface area (Å²) in [4.78, 5) is 22.5. The van der Waals surface area contributed by atoms with Crippen molar-refractivity contribution >= 4 is 33.3 Å². The van der Waals surface area contributed by atoms with Crippen molar-refractivity contribution in [1.29, 1.82) is 0 Å². The number of ether oxygens (including phenoxy) is 1. The summed E-state index contributed by atoms with van der Waals surface area (Å²) in [6, 6.07) is 0. The molecule has 0 aromatic carbocycles. The van der Waals surface area contributed by atoms with E-state index in [0.29, 0.717) is 23.1 Å². The van der Waals surface area contributed by atoms with E-state index in [-0.39, 0.29) is 17.4 Å². The molecule has 0 unspecified atom stereocenters. The van der Waals surface area contributed by atoms with Crippen LogP contribution in [0.3, 0.4) is 0 Å². The first-order valence-corrected chi connectivity index (χ1v) is 8.31. The van der Waals surface area contributed by atoms with Crippen LogP contribution in [0.5, 0.6) is 0 Å². The van der Waals surface area contributed by atoms with Gasteiger partial charge in [0.05, 0.1) is 16.4 Å². The molecule has 1 amide bonds. The van der Waals surface area contributed by atoms with Gasteiger partial charge in [-0.25, -0.2) is 9.97 Å². The standard InChI is InChI=1S/C16H24N4O2S/c1-8-11-13(17)19-9(2)20-15(11)23-12(8)14(21)18-7-10(22-6)16(3,4)5/h10H,7H2,1-6H3,(H,18,21)(H2,17,19,20)/t10-/m1/s1. The first-order valence-electron chi connectivity index (χ1n) is 7.49. The summed E-state index contributed by atoms with van der Waals surface area (Å²) in [5, 5.41) is 3.72. The molecular formula is C16H24N4O2S. The highest BCUT2D eigenvalue weighted by atomic mass is 32.1. The van der Waals surface area contributed by atoms with E-state index >= 15 is 0 Å². The van der Waals surface area contributed by atoms with Crippen LogP contribution in [0.25, 0.3) is 10.2 Å². The van der Waals surface area contributed by atoms with Gasteiger partial charge in [-0.15, -0.1) is 11.3 Å². The average Bonchev–Trinajstić information content (AvgIpc) is 2.74. The summed E-state index contributed by atoms with van der Waals surface area (Å²) in [5.74, 6) is 0.897. The average molecular weight is 336 g/mol. The fourth-order valence-corrected chi connectivity index (χ4v) is 3.66. The van der Waals surface area contributed by atoms with Crippen molar-refractivity contribution < 1.29 is 9.53 Å². The number of aryl methyl sites for hydroxylation is 2. The van der Waals surface area contributed by atoms with Crippen molar-refractivity contribution in [1.82, 2.24) is 15.3 Å². The maximum Gasteiger partial charge on any atom is 0.261 e. The van der Waals surface area contributed by atoms with Crippen molar-refractivity contribution in [2.24, 2.45) is 5.41 Å². The summed E-state index contributed by atoms with van der Waals surface area (Å²) in [7, 11) is 1.66. The van der Waals surface area contributed by atoms with Crippen LogP contribution in [0.2, 0.25) is 0 Å². The number of nitrogens with zero attached hydrogens (tertiary/aromatic N) is 2. The summed E-state index contributed by atoms with van der Waals surface area (Å²) in [6.07, 6.45) is -0.0618. The van der Waals surface area contributed by atoms with Crippen LogP contribution in [-0.4, -0.2) is 35.6 Å². The summed E-state index contributed by atoms with van der Waals surface area (Å²) < 4.78 is 5.47. The number of thiophene rings is 1.